The maximum atomic E-state index is 12.7. The van der Waals surface area contributed by atoms with Gasteiger partial charge < -0.3 is 19.5 Å². The molecule has 0 atom stereocenters. The van der Waals surface area contributed by atoms with Crippen molar-refractivity contribution in [2.45, 2.75) is 16.7 Å². The van der Waals surface area contributed by atoms with Gasteiger partial charge in [-0.1, -0.05) is 30.0 Å². The van der Waals surface area contributed by atoms with Crippen molar-refractivity contribution in [2.24, 2.45) is 5.10 Å². The van der Waals surface area contributed by atoms with E-state index in [4.69, 9.17) is 14.2 Å². The minimum atomic E-state index is -0.385. The molecule has 0 aromatic heterocycles. The van der Waals surface area contributed by atoms with Gasteiger partial charge >= 0.3 is 0 Å². The molecule has 7 nitrogen and oxygen atoms in total. The number of anilines is 2. The van der Waals surface area contributed by atoms with Crippen molar-refractivity contribution in [3.63, 3.8) is 0 Å². The van der Waals surface area contributed by atoms with Gasteiger partial charge in [0.05, 0.1) is 38.4 Å². The molecule has 32 heavy (non-hydrogen) atoms. The summed E-state index contributed by atoms with van der Waals surface area (Å²) in [5.41, 5.74) is 6.62. The van der Waals surface area contributed by atoms with Gasteiger partial charge in [0, 0.05) is 15.4 Å². The van der Waals surface area contributed by atoms with Gasteiger partial charge in [0.15, 0.2) is 11.5 Å². The molecule has 1 amide bonds. The molecule has 2 N–H and O–H groups in total. The third-order valence-corrected chi connectivity index (χ3v) is 6.18. The zero-order chi connectivity index (χ0) is 22.7. The Labute approximate surface area is 190 Å². The molecule has 0 spiro atoms. The first-order valence-corrected chi connectivity index (χ1v) is 10.7. The molecule has 0 saturated heterocycles. The van der Waals surface area contributed by atoms with Crippen LogP contribution in [0.5, 0.6) is 17.2 Å². The number of hydrazone groups is 1. The number of methoxy groups -OCH3 is 3. The first-order valence-electron chi connectivity index (χ1n) is 9.87. The molecule has 3 aromatic rings. The summed E-state index contributed by atoms with van der Waals surface area (Å²) >= 11 is 1.72. The molecule has 8 heteroatoms. The zero-order valence-electron chi connectivity index (χ0n) is 18.2. The highest BCUT2D eigenvalue weighted by Crippen LogP contribution is 2.44. The molecule has 0 aliphatic carbocycles. The summed E-state index contributed by atoms with van der Waals surface area (Å²) in [5.74, 6) is 0.837. The fraction of sp³-hybridized carbons (Fsp3) is 0.167. The summed E-state index contributed by atoms with van der Waals surface area (Å²) in [7, 11) is 4.52. The van der Waals surface area contributed by atoms with Crippen LogP contribution >= 0.6 is 11.8 Å². The number of carbonyl (C=O) groups is 1. The van der Waals surface area contributed by atoms with E-state index in [-0.39, 0.29) is 5.91 Å². The highest BCUT2D eigenvalue weighted by Gasteiger charge is 2.18. The van der Waals surface area contributed by atoms with E-state index in [1.54, 1.807) is 23.9 Å². The van der Waals surface area contributed by atoms with Gasteiger partial charge in [0.1, 0.15) is 0 Å². The van der Waals surface area contributed by atoms with E-state index < -0.39 is 0 Å². The maximum Gasteiger partial charge on any atom is 0.271 e. The predicted molar refractivity (Wildman–Crippen MR) is 126 cm³/mol. The lowest BCUT2D eigenvalue weighted by atomic mass is 10.1. The van der Waals surface area contributed by atoms with E-state index in [1.807, 2.05) is 31.2 Å². The van der Waals surface area contributed by atoms with Crippen LogP contribution in [0.2, 0.25) is 0 Å². The van der Waals surface area contributed by atoms with Gasteiger partial charge in [-0.15, -0.1) is 0 Å². The highest BCUT2D eigenvalue weighted by atomic mass is 32.2. The number of nitrogens with one attached hydrogen (secondary N) is 2. The summed E-state index contributed by atoms with van der Waals surface area (Å²) < 4.78 is 15.9. The Kier molecular flexibility index (Phi) is 6.23. The maximum absolute atomic E-state index is 12.7. The van der Waals surface area contributed by atoms with Gasteiger partial charge in [0.25, 0.3) is 5.91 Å². The molecule has 0 saturated carbocycles. The molecule has 0 radical (unpaired) electrons. The largest absolute Gasteiger partial charge is 0.493 e. The fourth-order valence-corrected chi connectivity index (χ4v) is 4.31. The Morgan fingerprint density at radius 3 is 2.25 bits per heavy atom. The second-order valence-corrected chi connectivity index (χ2v) is 8.07. The highest BCUT2D eigenvalue weighted by molar-refractivity contribution is 7.99. The van der Waals surface area contributed by atoms with Crippen molar-refractivity contribution in [2.75, 3.05) is 26.6 Å². The van der Waals surface area contributed by atoms with E-state index >= 15 is 0 Å². The van der Waals surface area contributed by atoms with E-state index in [0.29, 0.717) is 28.5 Å². The van der Waals surface area contributed by atoms with Gasteiger partial charge in [-0.05, 0) is 48.9 Å². The van der Waals surface area contributed by atoms with Crippen molar-refractivity contribution in [3.05, 3.63) is 65.7 Å². The molecule has 164 valence electrons. The van der Waals surface area contributed by atoms with Crippen molar-refractivity contribution < 1.29 is 19.0 Å². The standard InChI is InChI=1S/C24H23N3O4S/c1-14(15-9-10-22-18(11-15)25-17-7-5-6-8-21(17)32-22)26-27-24(28)16-12-19(29-2)23(31-4)20(13-16)30-3/h5-13,25H,1-4H3,(H,27,28). The summed E-state index contributed by atoms with van der Waals surface area (Å²) in [5, 5.41) is 7.75. The first kappa shape index (κ1) is 21.6. The summed E-state index contributed by atoms with van der Waals surface area (Å²) in [4.78, 5) is 15.0. The Morgan fingerprint density at radius 1 is 0.875 bits per heavy atom. The average molecular weight is 450 g/mol. The molecular weight excluding hydrogens is 426 g/mol. The van der Waals surface area contributed by atoms with Crippen molar-refractivity contribution in [1.82, 2.24) is 5.43 Å². The average Bonchev–Trinajstić information content (AvgIpc) is 2.84. The Hall–Kier alpha value is -3.65. The summed E-state index contributed by atoms with van der Waals surface area (Å²) in [6, 6.07) is 17.4. The normalized spacial score (nSPS) is 12.2. The minimum absolute atomic E-state index is 0.344. The lowest BCUT2D eigenvalue weighted by molar-refractivity contribution is 0.0954. The van der Waals surface area contributed by atoms with Crippen molar-refractivity contribution in [1.29, 1.82) is 0 Å². The van der Waals surface area contributed by atoms with E-state index in [2.05, 4.69) is 34.0 Å². The number of hydrogen-bond donors (Lipinski definition) is 2. The number of rotatable bonds is 6. The van der Waals surface area contributed by atoms with Crippen LogP contribution in [-0.2, 0) is 0 Å². The van der Waals surface area contributed by atoms with Gasteiger partial charge in [0.2, 0.25) is 5.75 Å². The molecule has 0 unspecified atom stereocenters. The predicted octanol–water partition coefficient (Wildman–Crippen LogP) is 5.07. The number of hydrogen-bond acceptors (Lipinski definition) is 7. The number of nitrogens with zero attached hydrogens (tertiary/aromatic N) is 1. The SMILES string of the molecule is COc1cc(C(=O)NN=C(C)c2ccc3c(c2)Nc2ccccc2S3)cc(OC)c1OC. The van der Waals surface area contributed by atoms with Crippen LogP contribution in [0.3, 0.4) is 0 Å². The molecule has 1 aliphatic heterocycles. The van der Waals surface area contributed by atoms with Crippen LogP contribution in [0.15, 0.2) is 69.5 Å². The molecule has 1 aliphatic rings. The minimum Gasteiger partial charge on any atom is -0.493 e. The van der Waals surface area contributed by atoms with Crippen LogP contribution in [0.25, 0.3) is 0 Å². The third kappa shape index (κ3) is 4.22. The zero-order valence-corrected chi connectivity index (χ0v) is 19.0. The van der Waals surface area contributed by atoms with Crippen molar-refractivity contribution >= 4 is 34.8 Å². The molecule has 4 rings (SSSR count). The van der Waals surface area contributed by atoms with Crippen molar-refractivity contribution in [3.8, 4) is 17.2 Å². The van der Waals surface area contributed by atoms with Crippen LogP contribution in [0.1, 0.15) is 22.8 Å². The summed E-state index contributed by atoms with van der Waals surface area (Å²) in [6.45, 7) is 1.85. The molecule has 1 heterocycles. The Bertz CT molecular complexity index is 1180. The topological polar surface area (TPSA) is 81.2 Å². The second kappa shape index (κ2) is 9.23. The quantitative estimate of drug-likeness (QED) is 0.316. The number of carbonyl (C=O) groups excluding carboxylic acids is 1. The number of amides is 1. The smallest absolute Gasteiger partial charge is 0.271 e. The molecule has 0 fully saturated rings. The second-order valence-electron chi connectivity index (χ2n) is 6.99. The molecular formula is C24H23N3O4S. The third-order valence-electron chi connectivity index (χ3n) is 5.03. The monoisotopic (exact) mass is 449 g/mol. The first-order chi connectivity index (χ1) is 15.5. The molecule has 3 aromatic carbocycles. The van der Waals surface area contributed by atoms with Gasteiger partial charge in [-0.2, -0.15) is 5.10 Å². The summed E-state index contributed by atoms with van der Waals surface area (Å²) in [6.07, 6.45) is 0. The van der Waals surface area contributed by atoms with E-state index in [9.17, 15) is 4.79 Å². The van der Waals surface area contributed by atoms with Crippen LogP contribution < -0.4 is 25.0 Å². The van der Waals surface area contributed by atoms with Gasteiger partial charge in [-0.25, -0.2) is 5.43 Å². The Morgan fingerprint density at radius 2 is 1.56 bits per heavy atom. The van der Waals surface area contributed by atoms with E-state index in [1.165, 1.54) is 26.2 Å². The number of benzene rings is 3. The van der Waals surface area contributed by atoms with Gasteiger partial charge in [-0.3, -0.25) is 4.79 Å². The van der Waals surface area contributed by atoms with E-state index in [0.717, 1.165) is 21.8 Å². The lowest BCUT2D eigenvalue weighted by Gasteiger charge is -2.21. The van der Waals surface area contributed by atoms with Crippen LogP contribution in [0, 0.1) is 0 Å². The Balaban J connectivity index is 1.53. The molecule has 0 bridgehead atoms. The number of fused-ring (bicyclic) bond motifs is 2. The number of ether oxygens (including phenoxy) is 3. The lowest BCUT2D eigenvalue weighted by Crippen LogP contribution is -2.19. The number of para-hydroxylation sites is 1. The van der Waals surface area contributed by atoms with Crippen LogP contribution in [-0.4, -0.2) is 32.9 Å². The van der Waals surface area contributed by atoms with Crippen LogP contribution in [0.4, 0.5) is 11.4 Å². The fourth-order valence-electron chi connectivity index (χ4n) is 3.34.